The number of benzene rings is 3. The third-order valence-corrected chi connectivity index (χ3v) is 4.54. The Balaban J connectivity index is 2.23. The largest absolute Gasteiger partial charge is 0.0836 e. The zero-order chi connectivity index (χ0) is 19.5. The number of halogens is 1. The number of fused-ring (bicyclic) bond motifs is 2. The Labute approximate surface area is 141 Å². The summed E-state index contributed by atoms with van der Waals surface area (Å²) in [7, 11) is 0. The predicted molar refractivity (Wildman–Crippen MR) is 94.8 cm³/mol. The van der Waals surface area contributed by atoms with Crippen LogP contribution in [-0.4, -0.2) is 0 Å². The second-order valence-electron chi connectivity index (χ2n) is 4.86. The molecule has 1 aliphatic carbocycles. The van der Waals surface area contributed by atoms with Crippen molar-refractivity contribution < 1.29 is 8.22 Å². The van der Waals surface area contributed by atoms with E-state index in [0.717, 1.165) is 15.2 Å². The van der Waals surface area contributed by atoms with Gasteiger partial charge in [0.05, 0.1) is 5.48 Å². The summed E-state index contributed by atoms with van der Waals surface area (Å²) >= 11 is 3.64. The molecule has 21 heavy (non-hydrogen) atoms. The van der Waals surface area contributed by atoms with Gasteiger partial charge in [0.1, 0.15) is 0 Å². The molecule has 0 N–H and O–H groups in total. The molecule has 0 radical (unpaired) electrons. The minimum atomic E-state index is -1.95. The molecule has 0 nitrogen and oxygen atoms in total. The van der Waals surface area contributed by atoms with Crippen LogP contribution in [0.1, 0.15) is 26.1 Å². The van der Waals surface area contributed by atoms with Crippen molar-refractivity contribution in [2.45, 2.75) is 12.3 Å². The summed E-state index contributed by atoms with van der Waals surface area (Å²) in [5, 5.41) is 3.09. The van der Waals surface area contributed by atoms with Crippen molar-refractivity contribution in [3.05, 3.63) is 82.8 Å². The lowest BCUT2D eigenvalue weighted by atomic mass is 9.85. The fraction of sp³-hybridized carbons (Fsp3) is 0.100. The van der Waals surface area contributed by atoms with Gasteiger partial charge in [-0.15, -0.1) is 0 Å². The first-order chi connectivity index (χ1) is 12.8. The molecule has 0 spiro atoms. The van der Waals surface area contributed by atoms with Crippen molar-refractivity contribution in [2.75, 3.05) is 0 Å². The molecule has 4 rings (SSSR count). The molecule has 1 aliphatic rings. The van der Waals surface area contributed by atoms with E-state index in [1.54, 1.807) is 0 Å². The monoisotopic (exact) mass is 340 g/mol. The topological polar surface area (TPSA) is 0 Å². The molecular weight excluding hydrogens is 320 g/mol. The highest BCUT2D eigenvalue weighted by Gasteiger charge is 2.17. The smallest absolute Gasteiger partial charge is 0.0619 e. The summed E-state index contributed by atoms with van der Waals surface area (Å²) < 4.78 is 51.0. The van der Waals surface area contributed by atoms with Gasteiger partial charge < -0.3 is 0 Å². The molecule has 0 fully saturated rings. The van der Waals surface area contributed by atoms with Gasteiger partial charge in [0.2, 0.25) is 0 Å². The van der Waals surface area contributed by atoms with Crippen molar-refractivity contribution in [3.8, 4) is 0 Å². The number of hydrogen-bond donors (Lipinski definition) is 0. The van der Waals surface area contributed by atoms with Crippen molar-refractivity contribution >= 4 is 37.5 Å². The lowest BCUT2D eigenvalue weighted by molar-refractivity contribution is 0.869. The fourth-order valence-corrected chi connectivity index (χ4v) is 3.47. The molecule has 0 bridgehead atoms. The van der Waals surface area contributed by atoms with E-state index in [1.165, 1.54) is 0 Å². The molecule has 0 aliphatic heterocycles. The summed E-state index contributed by atoms with van der Waals surface area (Å²) in [6.07, 6.45) is -1.46. The van der Waals surface area contributed by atoms with Gasteiger partial charge in [-0.25, -0.2) is 0 Å². The molecule has 0 saturated heterocycles. The molecule has 0 saturated carbocycles. The Bertz CT molecular complexity index is 1110. The van der Waals surface area contributed by atoms with Crippen LogP contribution in [0.2, 0.25) is 0 Å². The zero-order valence-electron chi connectivity index (χ0n) is 17.1. The first kappa shape index (κ1) is 7.95. The molecule has 1 heteroatoms. The van der Waals surface area contributed by atoms with Gasteiger partial charge in [-0.2, -0.15) is 0 Å². The van der Waals surface area contributed by atoms with Crippen LogP contribution in [0.3, 0.4) is 0 Å². The van der Waals surface area contributed by atoms with E-state index in [0.29, 0.717) is 16.3 Å². The molecule has 3 aromatic carbocycles. The number of hydrogen-bond acceptors (Lipinski definition) is 0. The van der Waals surface area contributed by atoms with Crippen molar-refractivity contribution in [1.29, 1.82) is 0 Å². The van der Waals surface area contributed by atoms with E-state index in [4.69, 9.17) is 8.22 Å². The first-order valence-corrected chi connectivity index (χ1v) is 7.46. The van der Waals surface area contributed by atoms with Crippen LogP contribution in [0, 0.1) is 0 Å². The van der Waals surface area contributed by atoms with Gasteiger partial charge in [0.25, 0.3) is 0 Å². The normalized spacial score (nSPS) is 30.6. The van der Waals surface area contributed by atoms with Crippen LogP contribution in [0.25, 0.3) is 21.5 Å². The van der Waals surface area contributed by atoms with E-state index >= 15 is 0 Å². The maximum absolute atomic E-state index is 9.15. The Morgan fingerprint density at radius 3 is 2.14 bits per heavy atom. The highest BCUT2D eigenvalue weighted by Crippen LogP contribution is 2.41. The Morgan fingerprint density at radius 2 is 1.52 bits per heavy atom. The molecule has 2 unspecified atom stereocenters. The average molecular weight is 341 g/mol. The minimum Gasteiger partial charge on any atom is -0.0836 e. The standard InChI is InChI=1S/C20H15Br/c21-20-17-12-6-4-10-15(17)19(14-8-2-1-3-9-14)16-11-5-7-13-18(16)20/h1-8,10-14H,9H2/i1D,2D,3D,8D,9D,14D. The third kappa shape index (κ3) is 2.04. The summed E-state index contributed by atoms with van der Waals surface area (Å²) in [6, 6.07) is 13.2. The predicted octanol–water partition coefficient (Wildman–Crippen LogP) is 6.36. The molecular formula is C20H15Br. The Morgan fingerprint density at radius 1 is 0.952 bits per heavy atom. The highest BCUT2D eigenvalue weighted by molar-refractivity contribution is 9.10. The second-order valence-corrected chi connectivity index (χ2v) is 5.65. The fourth-order valence-electron chi connectivity index (χ4n) is 2.78. The Hall–Kier alpha value is -1.86. The van der Waals surface area contributed by atoms with Crippen molar-refractivity contribution in [3.63, 3.8) is 0 Å². The van der Waals surface area contributed by atoms with Crippen LogP contribution < -0.4 is 0 Å². The lowest BCUT2D eigenvalue weighted by Crippen LogP contribution is -1.99. The number of rotatable bonds is 1. The van der Waals surface area contributed by atoms with E-state index in [1.807, 2.05) is 48.5 Å². The quantitative estimate of drug-likeness (QED) is 0.452. The van der Waals surface area contributed by atoms with Crippen LogP contribution in [0.15, 0.2) is 77.2 Å². The highest BCUT2D eigenvalue weighted by atomic mass is 79.9. The van der Waals surface area contributed by atoms with Crippen LogP contribution in [0.5, 0.6) is 0 Å². The molecule has 0 amide bonds. The number of allylic oxidation sites excluding steroid dienone is 4. The third-order valence-electron chi connectivity index (χ3n) is 3.68. The molecule has 0 heterocycles. The van der Waals surface area contributed by atoms with Crippen molar-refractivity contribution in [2.24, 2.45) is 0 Å². The maximum Gasteiger partial charge on any atom is 0.0619 e. The zero-order valence-corrected chi connectivity index (χ0v) is 12.7. The minimum absolute atomic E-state index is 0.401. The van der Waals surface area contributed by atoms with Gasteiger partial charge in [-0.3, -0.25) is 0 Å². The second kappa shape index (κ2) is 5.16. The van der Waals surface area contributed by atoms with Crippen LogP contribution in [-0.2, 0) is 0 Å². The van der Waals surface area contributed by atoms with Gasteiger partial charge in [-0.05, 0) is 49.4 Å². The van der Waals surface area contributed by atoms with E-state index < -0.39 is 36.5 Å². The van der Waals surface area contributed by atoms with E-state index in [2.05, 4.69) is 15.9 Å². The molecule has 0 aromatic heterocycles. The first-order valence-electron chi connectivity index (χ1n) is 9.75. The average Bonchev–Trinajstić information content (AvgIpc) is 2.70. The van der Waals surface area contributed by atoms with E-state index in [9.17, 15) is 0 Å². The van der Waals surface area contributed by atoms with Gasteiger partial charge in [0.15, 0.2) is 0 Å². The van der Waals surface area contributed by atoms with E-state index in [-0.39, 0.29) is 0 Å². The molecule has 3 aromatic rings. The summed E-state index contributed by atoms with van der Waals surface area (Å²) in [5.74, 6) is -1.95. The van der Waals surface area contributed by atoms with Gasteiger partial charge >= 0.3 is 0 Å². The lowest BCUT2D eigenvalue weighted by Gasteiger charge is -2.20. The molecule has 102 valence electrons. The van der Waals surface area contributed by atoms with Crippen LogP contribution in [0.4, 0.5) is 0 Å². The Kier molecular flexibility index (Phi) is 1.95. The van der Waals surface area contributed by atoms with Crippen molar-refractivity contribution in [1.82, 2.24) is 0 Å². The van der Waals surface area contributed by atoms with Crippen LogP contribution >= 0.6 is 15.9 Å². The maximum atomic E-state index is 9.15. The molecule has 2 atom stereocenters. The summed E-state index contributed by atoms with van der Waals surface area (Å²) in [4.78, 5) is 0. The SMILES string of the molecule is [2H]C1=C([2H])C([2H])C([2H])(c2c3ccccc3c(Br)c3ccccc23)C([2H])=C1[2H]. The summed E-state index contributed by atoms with van der Waals surface area (Å²) in [6.45, 7) is 0. The summed E-state index contributed by atoms with van der Waals surface area (Å²) in [5.41, 5.74) is 0.434. The van der Waals surface area contributed by atoms with Gasteiger partial charge in [0, 0.05) is 13.1 Å². The van der Waals surface area contributed by atoms with Gasteiger partial charge in [-0.1, -0.05) is 72.7 Å².